The molecule has 7 nitrogen and oxygen atoms in total. The first kappa shape index (κ1) is 20.7. The van der Waals surface area contributed by atoms with Crippen LogP contribution in [0.25, 0.3) is 10.6 Å². The van der Waals surface area contributed by atoms with E-state index in [9.17, 15) is 9.59 Å². The summed E-state index contributed by atoms with van der Waals surface area (Å²) < 4.78 is 11.4. The van der Waals surface area contributed by atoms with E-state index < -0.39 is 6.10 Å². The fourth-order valence-corrected chi connectivity index (χ4v) is 4.68. The highest BCUT2D eigenvalue weighted by atomic mass is 32.1. The summed E-state index contributed by atoms with van der Waals surface area (Å²) in [6.07, 6.45) is -0.762. The number of aryl methyl sites for hydroxylation is 1. The largest absolute Gasteiger partial charge is 0.476 e. The lowest BCUT2D eigenvalue weighted by atomic mass is 10.1. The van der Waals surface area contributed by atoms with E-state index in [1.165, 1.54) is 16.9 Å². The van der Waals surface area contributed by atoms with Crippen LogP contribution >= 0.6 is 11.3 Å². The Kier molecular flexibility index (Phi) is 5.63. The van der Waals surface area contributed by atoms with Crippen LogP contribution in [0.1, 0.15) is 16.1 Å². The van der Waals surface area contributed by atoms with E-state index >= 15 is 0 Å². The molecule has 32 heavy (non-hydrogen) atoms. The zero-order chi connectivity index (χ0) is 22.1. The lowest BCUT2D eigenvalue weighted by Crippen LogP contribution is -2.54. The zero-order valence-corrected chi connectivity index (χ0v) is 18.5. The lowest BCUT2D eigenvalue weighted by molar-refractivity contribution is -0.142. The minimum Gasteiger partial charge on any atom is -0.476 e. The molecule has 1 atom stereocenters. The third-order valence-electron chi connectivity index (χ3n) is 5.64. The normalized spacial score (nSPS) is 18.1. The first-order valence-corrected chi connectivity index (χ1v) is 11.4. The number of amides is 2. The summed E-state index contributed by atoms with van der Waals surface area (Å²) in [5.74, 6) is 0.155. The van der Waals surface area contributed by atoms with Gasteiger partial charge in [-0.2, -0.15) is 0 Å². The van der Waals surface area contributed by atoms with Crippen molar-refractivity contribution in [3.8, 4) is 16.3 Å². The molecule has 0 aliphatic carbocycles. The highest BCUT2D eigenvalue weighted by Crippen LogP contribution is 2.35. The van der Waals surface area contributed by atoms with Crippen molar-refractivity contribution >= 4 is 28.8 Å². The Balaban J connectivity index is 1.42. The second kappa shape index (κ2) is 8.72. The lowest BCUT2D eigenvalue weighted by Gasteiger charge is -2.37. The first-order valence-electron chi connectivity index (χ1n) is 10.6. The van der Waals surface area contributed by atoms with Crippen molar-refractivity contribution in [2.24, 2.45) is 0 Å². The van der Waals surface area contributed by atoms with Crippen molar-refractivity contribution < 1.29 is 19.1 Å². The van der Waals surface area contributed by atoms with Gasteiger partial charge in [-0.05, 0) is 19.1 Å². The number of ether oxygens (including phenoxy) is 2. The number of thiazole rings is 1. The van der Waals surface area contributed by atoms with Crippen molar-refractivity contribution in [1.82, 2.24) is 9.88 Å². The van der Waals surface area contributed by atoms with Gasteiger partial charge in [-0.25, -0.2) is 4.98 Å². The standard InChI is InChI=1S/C24H23N3O4S/c1-16-6-8-17(9-7-16)22-25-18(15-32-22)23(28)27-14-21(24(29)26-10-12-30-13-11-26)31-20-5-3-2-4-19(20)27/h2-9,15,21H,10-14H2,1H3/t21-/m1/s1. The summed E-state index contributed by atoms with van der Waals surface area (Å²) in [7, 11) is 0. The van der Waals surface area contributed by atoms with Gasteiger partial charge in [0.2, 0.25) is 0 Å². The second-order valence-electron chi connectivity index (χ2n) is 7.83. The quantitative estimate of drug-likeness (QED) is 0.613. The molecule has 2 aliphatic rings. The van der Waals surface area contributed by atoms with E-state index in [1.54, 1.807) is 21.2 Å². The topological polar surface area (TPSA) is 72.0 Å². The summed E-state index contributed by atoms with van der Waals surface area (Å²) in [5.41, 5.74) is 3.15. The summed E-state index contributed by atoms with van der Waals surface area (Å²) in [4.78, 5) is 34.5. The molecule has 2 amide bonds. The maximum absolute atomic E-state index is 13.5. The van der Waals surface area contributed by atoms with Crippen LogP contribution in [0.15, 0.2) is 53.9 Å². The van der Waals surface area contributed by atoms with Gasteiger partial charge in [-0.3, -0.25) is 14.5 Å². The third-order valence-corrected chi connectivity index (χ3v) is 6.53. The van der Waals surface area contributed by atoms with Gasteiger partial charge in [0, 0.05) is 24.0 Å². The van der Waals surface area contributed by atoms with Gasteiger partial charge >= 0.3 is 0 Å². The maximum atomic E-state index is 13.5. The molecule has 0 bridgehead atoms. The number of para-hydroxylation sites is 2. The molecule has 8 heteroatoms. The van der Waals surface area contributed by atoms with Gasteiger partial charge in [-0.15, -0.1) is 11.3 Å². The van der Waals surface area contributed by atoms with Crippen molar-refractivity contribution in [3.63, 3.8) is 0 Å². The number of rotatable bonds is 3. The number of carbonyl (C=O) groups is 2. The number of carbonyl (C=O) groups excluding carboxylic acids is 2. The van der Waals surface area contributed by atoms with Crippen LogP contribution in [0.5, 0.6) is 5.75 Å². The van der Waals surface area contributed by atoms with Crippen molar-refractivity contribution in [3.05, 3.63) is 65.2 Å². The molecule has 0 spiro atoms. The van der Waals surface area contributed by atoms with Crippen LogP contribution in [-0.4, -0.2) is 60.7 Å². The monoisotopic (exact) mass is 449 g/mol. The van der Waals surface area contributed by atoms with Gasteiger partial charge in [0.1, 0.15) is 16.5 Å². The summed E-state index contributed by atoms with van der Waals surface area (Å²) >= 11 is 1.43. The second-order valence-corrected chi connectivity index (χ2v) is 8.69. The van der Waals surface area contributed by atoms with Crippen LogP contribution in [0.3, 0.4) is 0 Å². The Morgan fingerprint density at radius 3 is 2.59 bits per heavy atom. The average Bonchev–Trinajstić information content (AvgIpc) is 3.34. The molecule has 3 aromatic rings. The minimum absolute atomic E-state index is 0.126. The van der Waals surface area contributed by atoms with Crippen LogP contribution in [0.2, 0.25) is 0 Å². The van der Waals surface area contributed by atoms with Crippen LogP contribution in [0, 0.1) is 6.92 Å². The summed E-state index contributed by atoms with van der Waals surface area (Å²) in [5, 5.41) is 2.56. The number of morpholine rings is 1. The number of anilines is 1. The minimum atomic E-state index is -0.762. The first-order chi connectivity index (χ1) is 15.6. The number of hydrogen-bond acceptors (Lipinski definition) is 6. The SMILES string of the molecule is Cc1ccc(-c2nc(C(=O)N3C[C@H](C(=O)N4CCOCC4)Oc4ccccc43)cs2)cc1. The number of fused-ring (bicyclic) bond motifs is 1. The molecule has 1 fully saturated rings. The Hall–Kier alpha value is -3.23. The average molecular weight is 450 g/mol. The molecular formula is C24H23N3O4S. The van der Waals surface area contributed by atoms with Crippen LogP contribution in [-0.2, 0) is 9.53 Å². The molecule has 0 unspecified atom stereocenters. The Morgan fingerprint density at radius 2 is 1.81 bits per heavy atom. The van der Waals surface area contributed by atoms with Gasteiger partial charge < -0.3 is 14.4 Å². The van der Waals surface area contributed by atoms with Gasteiger partial charge in [0.25, 0.3) is 11.8 Å². The van der Waals surface area contributed by atoms with E-state index in [0.717, 1.165) is 10.6 Å². The Labute approximate surface area is 190 Å². The molecule has 5 rings (SSSR count). The Bertz CT molecular complexity index is 1140. The summed E-state index contributed by atoms with van der Waals surface area (Å²) in [6.45, 7) is 4.26. The van der Waals surface area contributed by atoms with E-state index in [-0.39, 0.29) is 18.4 Å². The predicted molar refractivity (Wildman–Crippen MR) is 122 cm³/mol. The molecule has 0 saturated carbocycles. The Morgan fingerprint density at radius 1 is 1.06 bits per heavy atom. The van der Waals surface area contributed by atoms with Crippen molar-refractivity contribution in [1.29, 1.82) is 0 Å². The van der Waals surface area contributed by atoms with Gasteiger partial charge in [0.15, 0.2) is 6.10 Å². The number of hydrogen-bond donors (Lipinski definition) is 0. The molecule has 2 aliphatic heterocycles. The summed E-state index contributed by atoms with van der Waals surface area (Å²) in [6, 6.07) is 15.4. The predicted octanol–water partition coefficient (Wildman–Crippen LogP) is 3.39. The smallest absolute Gasteiger partial charge is 0.278 e. The zero-order valence-electron chi connectivity index (χ0n) is 17.7. The molecule has 2 aromatic carbocycles. The molecule has 1 saturated heterocycles. The fraction of sp³-hybridized carbons (Fsp3) is 0.292. The van der Waals surface area contributed by atoms with Crippen LogP contribution in [0.4, 0.5) is 5.69 Å². The van der Waals surface area contributed by atoms with Crippen LogP contribution < -0.4 is 9.64 Å². The molecule has 164 valence electrons. The number of nitrogens with zero attached hydrogens (tertiary/aromatic N) is 3. The fourth-order valence-electron chi connectivity index (χ4n) is 3.88. The van der Waals surface area contributed by atoms with E-state index in [0.29, 0.717) is 43.4 Å². The highest BCUT2D eigenvalue weighted by Gasteiger charge is 2.37. The highest BCUT2D eigenvalue weighted by molar-refractivity contribution is 7.13. The number of aromatic nitrogens is 1. The van der Waals surface area contributed by atoms with Crippen molar-refractivity contribution in [2.45, 2.75) is 13.0 Å². The maximum Gasteiger partial charge on any atom is 0.278 e. The molecular weight excluding hydrogens is 426 g/mol. The van der Waals surface area contributed by atoms with E-state index in [4.69, 9.17) is 9.47 Å². The molecule has 0 radical (unpaired) electrons. The molecule has 1 aromatic heterocycles. The van der Waals surface area contributed by atoms with E-state index in [2.05, 4.69) is 4.98 Å². The third kappa shape index (κ3) is 3.99. The van der Waals surface area contributed by atoms with E-state index in [1.807, 2.05) is 49.4 Å². The van der Waals surface area contributed by atoms with Gasteiger partial charge in [0.05, 0.1) is 25.4 Å². The van der Waals surface area contributed by atoms with Gasteiger partial charge in [-0.1, -0.05) is 42.0 Å². The number of benzene rings is 2. The van der Waals surface area contributed by atoms with Crippen molar-refractivity contribution in [2.75, 3.05) is 37.7 Å². The molecule has 0 N–H and O–H groups in total. The molecule has 3 heterocycles.